The maximum Gasteiger partial charge on any atom is 0.0446 e. The van der Waals surface area contributed by atoms with Gasteiger partial charge in [-0.05, 0) is 54.4 Å². The van der Waals surface area contributed by atoms with Crippen LogP contribution >= 0.6 is 0 Å². The lowest BCUT2D eigenvalue weighted by Gasteiger charge is -2.29. The first-order chi connectivity index (χ1) is 7.80. The highest BCUT2D eigenvalue weighted by atomic mass is 14.9. The lowest BCUT2D eigenvalue weighted by molar-refractivity contribution is 0.584. The second-order valence-electron chi connectivity index (χ2n) is 6.19. The first-order valence-electron chi connectivity index (χ1n) is 6.39. The summed E-state index contributed by atoms with van der Waals surface area (Å²) in [6.07, 6.45) is 2.17. The minimum Gasteiger partial charge on any atom is -0.359 e. The van der Waals surface area contributed by atoms with Crippen LogP contribution < -0.4 is 5.32 Å². The van der Waals surface area contributed by atoms with E-state index in [2.05, 4.69) is 52.6 Å². The van der Waals surface area contributed by atoms with Gasteiger partial charge in [-0.1, -0.05) is 33.4 Å². The van der Waals surface area contributed by atoms with Gasteiger partial charge in [0.25, 0.3) is 0 Å². The summed E-state index contributed by atoms with van der Waals surface area (Å²) < 4.78 is 0. The smallest absolute Gasteiger partial charge is 0.0446 e. The molecule has 0 aliphatic carbocycles. The topological polar surface area (TPSA) is 12.0 Å². The molecule has 0 saturated carbocycles. The number of allylic oxidation sites excluding steroid dienone is 1. The van der Waals surface area contributed by atoms with E-state index in [0.717, 1.165) is 18.5 Å². The molecule has 0 saturated heterocycles. The molecule has 1 aromatic rings. The van der Waals surface area contributed by atoms with Gasteiger partial charge in [0.15, 0.2) is 0 Å². The summed E-state index contributed by atoms with van der Waals surface area (Å²) in [5.74, 6) is 0. The summed E-state index contributed by atoms with van der Waals surface area (Å²) in [6, 6.07) is 2.39. The van der Waals surface area contributed by atoms with E-state index in [-0.39, 0.29) is 5.41 Å². The summed E-state index contributed by atoms with van der Waals surface area (Å²) in [5.41, 5.74) is 8.38. The number of benzene rings is 1. The van der Waals surface area contributed by atoms with Crippen LogP contribution in [0.2, 0.25) is 0 Å². The number of aryl methyl sites for hydroxylation is 1. The van der Waals surface area contributed by atoms with Crippen molar-refractivity contribution in [2.45, 2.75) is 52.9 Å². The molecule has 0 radical (unpaired) electrons. The zero-order chi connectivity index (χ0) is 12.8. The van der Waals surface area contributed by atoms with E-state index in [0.29, 0.717) is 0 Å². The number of hydrogen-bond donors (Lipinski definition) is 1. The molecule has 92 valence electrons. The Balaban J connectivity index is 2.62. The van der Waals surface area contributed by atoms with Crippen LogP contribution in [0.5, 0.6) is 0 Å². The Bertz CT molecular complexity index is 475. The zero-order valence-corrected chi connectivity index (χ0v) is 11.7. The number of hydrogen-bond acceptors (Lipinski definition) is 1. The van der Waals surface area contributed by atoms with Gasteiger partial charge in [0, 0.05) is 11.4 Å². The molecule has 0 atom stereocenters. The van der Waals surface area contributed by atoms with Gasteiger partial charge >= 0.3 is 0 Å². The maximum absolute atomic E-state index is 4.04. The summed E-state index contributed by atoms with van der Waals surface area (Å²) in [4.78, 5) is 0. The van der Waals surface area contributed by atoms with E-state index < -0.39 is 0 Å². The highest BCUT2D eigenvalue weighted by Crippen LogP contribution is 2.37. The van der Waals surface area contributed by atoms with Gasteiger partial charge < -0.3 is 5.32 Å². The fourth-order valence-electron chi connectivity index (χ4n) is 2.66. The van der Waals surface area contributed by atoms with E-state index in [4.69, 9.17) is 0 Å². The third kappa shape index (κ3) is 2.11. The molecule has 0 amide bonds. The molecule has 0 spiro atoms. The lowest BCUT2D eigenvalue weighted by Crippen LogP contribution is -2.18. The first-order valence-corrected chi connectivity index (χ1v) is 6.39. The Morgan fingerprint density at radius 1 is 1.12 bits per heavy atom. The van der Waals surface area contributed by atoms with Crippen LogP contribution in [-0.4, -0.2) is 0 Å². The highest BCUT2D eigenvalue weighted by molar-refractivity contribution is 5.66. The second kappa shape index (κ2) is 3.90. The number of fused-ring (bicyclic) bond motifs is 1. The molecule has 0 unspecified atom stereocenters. The van der Waals surface area contributed by atoms with Crippen molar-refractivity contribution in [1.29, 1.82) is 0 Å². The van der Waals surface area contributed by atoms with Crippen molar-refractivity contribution in [1.82, 2.24) is 0 Å². The van der Waals surface area contributed by atoms with Crippen LogP contribution in [0.15, 0.2) is 18.3 Å². The van der Waals surface area contributed by atoms with Gasteiger partial charge in [-0.3, -0.25) is 0 Å². The van der Waals surface area contributed by atoms with Crippen LogP contribution in [0.1, 0.15) is 49.4 Å². The van der Waals surface area contributed by atoms with Crippen molar-refractivity contribution in [3.8, 4) is 0 Å². The Morgan fingerprint density at radius 3 is 2.35 bits per heavy atom. The molecule has 1 aliphatic rings. The molecule has 1 heteroatoms. The molecule has 1 aliphatic heterocycles. The Kier molecular flexibility index (Phi) is 2.81. The molecule has 2 rings (SSSR count). The lowest BCUT2D eigenvalue weighted by atomic mass is 9.80. The minimum absolute atomic E-state index is 0.221. The van der Waals surface area contributed by atoms with Crippen LogP contribution in [-0.2, 0) is 11.8 Å². The first kappa shape index (κ1) is 12.2. The van der Waals surface area contributed by atoms with Crippen LogP contribution in [0.25, 0.3) is 0 Å². The van der Waals surface area contributed by atoms with Crippen molar-refractivity contribution >= 4 is 5.69 Å². The van der Waals surface area contributed by atoms with Gasteiger partial charge in [0.05, 0.1) is 0 Å². The molecule has 1 heterocycles. The van der Waals surface area contributed by atoms with Crippen molar-refractivity contribution < 1.29 is 0 Å². The fraction of sp³-hybridized carbons (Fsp3) is 0.500. The number of nitrogens with one attached hydrogen (secondary N) is 1. The quantitative estimate of drug-likeness (QED) is 0.692. The third-order valence-electron chi connectivity index (χ3n) is 3.79. The molecule has 17 heavy (non-hydrogen) atoms. The Morgan fingerprint density at radius 2 is 1.76 bits per heavy atom. The normalized spacial score (nSPS) is 15.5. The molecule has 1 nitrogen and oxygen atoms in total. The molecule has 1 aromatic carbocycles. The van der Waals surface area contributed by atoms with Crippen LogP contribution in [0.4, 0.5) is 5.69 Å². The second-order valence-corrected chi connectivity index (χ2v) is 6.19. The fourth-order valence-corrected chi connectivity index (χ4v) is 2.66. The Labute approximate surface area is 105 Å². The zero-order valence-electron chi connectivity index (χ0n) is 11.7. The van der Waals surface area contributed by atoms with Gasteiger partial charge in [-0.15, -0.1) is 0 Å². The molecular weight excluding hydrogens is 206 g/mol. The molecule has 0 fully saturated rings. The van der Waals surface area contributed by atoms with E-state index in [1.54, 1.807) is 0 Å². The largest absolute Gasteiger partial charge is 0.359 e. The molecule has 1 N–H and O–H groups in total. The molecular formula is C16H23N. The van der Waals surface area contributed by atoms with Gasteiger partial charge in [-0.25, -0.2) is 0 Å². The summed E-state index contributed by atoms with van der Waals surface area (Å²) in [6.45, 7) is 15.4. The van der Waals surface area contributed by atoms with Crippen molar-refractivity contribution in [2.24, 2.45) is 0 Å². The van der Waals surface area contributed by atoms with E-state index >= 15 is 0 Å². The molecule has 0 bridgehead atoms. The number of anilines is 1. The minimum atomic E-state index is 0.221. The van der Waals surface area contributed by atoms with Crippen molar-refractivity contribution in [3.63, 3.8) is 0 Å². The van der Waals surface area contributed by atoms with Crippen molar-refractivity contribution in [3.05, 3.63) is 40.6 Å². The number of rotatable bonds is 0. The van der Waals surface area contributed by atoms with E-state index in [9.17, 15) is 0 Å². The van der Waals surface area contributed by atoms with Gasteiger partial charge in [0.1, 0.15) is 0 Å². The average molecular weight is 229 g/mol. The van der Waals surface area contributed by atoms with Crippen molar-refractivity contribution in [2.75, 3.05) is 5.32 Å². The standard InChI is InChI=1S/C16H23N/c1-10-7-8-13-9-14(16(4,5)6)11(2)12(3)15(13)17-10/h9,17H,1,7-8H2,2-6H3. The maximum atomic E-state index is 4.04. The van der Waals surface area contributed by atoms with E-state index in [1.807, 2.05) is 0 Å². The highest BCUT2D eigenvalue weighted by Gasteiger charge is 2.22. The third-order valence-corrected chi connectivity index (χ3v) is 3.79. The van der Waals surface area contributed by atoms with Gasteiger partial charge in [-0.2, -0.15) is 0 Å². The predicted octanol–water partition coefficient (Wildman–Crippen LogP) is 4.47. The SMILES string of the molecule is C=C1CCc2cc(C(C)(C)C)c(C)c(C)c2N1. The van der Waals surface area contributed by atoms with Gasteiger partial charge in [0.2, 0.25) is 0 Å². The average Bonchev–Trinajstić information content (AvgIpc) is 2.22. The summed E-state index contributed by atoms with van der Waals surface area (Å²) in [7, 11) is 0. The monoisotopic (exact) mass is 229 g/mol. The Hall–Kier alpha value is -1.24. The summed E-state index contributed by atoms with van der Waals surface area (Å²) in [5, 5.41) is 3.45. The molecule has 0 aromatic heterocycles. The predicted molar refractivity (Wildman–Crippen MR) is 75.7 cm³/mol. The van der Waals surface area contributed by atoms with Crippen LogP contribution in [0.3, 0.4) is 0 Å². The van der Waals surface area contributed by atoms with Crippen LogP contribution in [0, 0.1) is 13.8 Å². The summed E-state index contributed by atoms with van der Waals surface area (Å²) >= 11 is 0. The van der Waals surface area contributed by atoms with E-state index in [1.165, 1.54) is 27.9 Å².